The lowest BCUT2D eigenvalue weighted by Gasteiger charge is -2.07. The molecule has 0 fully saturated rings. The van der Waals surface area contributed by atoms with E-state index in [0.717, 1.165) is 5.56 Å². The third-order valence-electron chi connectivity index (χ3n) is 3.30. The van der Waals surface area contributed by atoms with Crippen LogP contribution in [0, 0.1) is 5.82 Å². The molecule has 0 heterocycles. The molecule has 1 amide bonds. The number of carboxylic acid groups (broad SMARTS) is 1. The molecule has 0 aromatic heterocycles. The fourth-order valence-electron chi connectivity index (χ4n) is 2.06. The first-order valence-electron chi connectivity index (χ1n) is 7.57. The lowest BCUT2D eigenvalue weighted by Crippen LogP contribution is -2.21. The second kappa shape index (κ2) is 8.58. The number of carboxylic acids is 1. The van der Waals surface area contributed by atoms with Gasteiger partial charge in [0.05, 0.1) is 11.3 Å². The van der Waals surface area contributed by atoms with Gasteiger partial charge in [0.2, 0.25) is 0 Å². The summed E-state index contributed by atoms with van der Waals surface area (Å²) >= 11 is 0. The molecular formula is C18H17FN2O4. The molecule has 2 aromatic rings. The van der Waals surface area contributed by atoms with Crippen molar-refractivity contribution < 1.29 is 23.8 Å². The summed E-state index contributed by atoms with van der Waals surface area (Å²) in [6.45, 7) is 1.44. The van der Waals surface area contributed by atoms with Crippen LogP contribution in [0.4, 0.5) is 4.39 Å². The summed E-state index contributed by atoms with van der Waals surface area (Å²) < 4.78 is 18.6. The summed E-state index contributed by atoms with van der Waals surface area (Å²) in [5.74, 6) is -1.90. The predicted molar refractivity (Wildman–Crippen MR) is 90.3 cm³/mol. The summed E-state index contributed by atoms with van der Waals surface area (Å²) in [6.07, 6.45) is 0.535. The van der Waals surface area contributed by atoms with Gasteiger partial charge in [-0.05, 0) is 48.4 Å². The molecule has 2 aromatic carbocycles. The van der Waals surface area contributed by atoms with Crippen molar-refractivity contribution >= 4 is 17.6 Å². The molecule has 0 saturated carbocycles. The van der Waals surface area contributed by atoms with E-state index in [4.69, 9.17) is 9.84 Å². The molecule has 0 bridgehead atoms. The lowest BCUT2D eigenvalue weighted by molar-refractivity contribution is -0.139. The van der Waals surface area contributed by atoms with Gasteiger partial charge >= 0.3 is 5.97 Å². The van der Waals surface area contributed by atoms with Gasteiger partial charge in [0.25, 0.3) is 5.91 Å². The van der Waals surface area contributed by atoms with Crippen molar-refractivity contribution in [1.29, 1.82) is 0 Å². The average molecular weight is 344 g/mol. The Morgan fingerprint density at radius 3 is 2.44 bits per heavy atom. The standard InChI is InChI=1S/C18H17FN2O4/c1-2-16(12-7-9-13(10-8-12)25-11-17(22)23)20-21-18(24)14-5-3-4-6-15(14)19/h3-10H,2,11H2,1H3,(H,21,24)(H,22,23)/b20-16-. The van der Waals surface area contributed by atoms with Crippen molar-refractivity contribution in [3.8, 4) is 5.75 Å². The minimum Gasteiger partial charge on any atom is -0.482 e. The maximum Gasteiger partial charge on any atom is 0.341 e. The Bertz CT molecular complexity index is 788. The van der Waals surface area contributed by atoms with E-state index in [1.54, 1.807) is 30.3 Å². The first-order valence-corrected chi connectivity index (χ1v) is 7.57. The van der Waals surface area contributed by atoms with Crippen LogP contribution in [0.1, 0.15) is 29.3 Å². The Hall–Kier alpha value is -3.22. The van der Waals surface area contributed by atoms with Crippen LogP contribution in [-0.2, 0) is 4.79 Å². The van der Waals surface area contributed by atoms with Crippen LogP contribution >= 0.6 is 0 Å². The zero-order chi connectivity index (χ0) is 18.2. The first-order chi connectivity index (χ1) is 12.0. The highest BCUT2D eigenvalue weighted by atomic mass is 19.1. The quantitative estimate of drug-likeness (QED) is 0.597. The zero-order valence-corrected chi connectivity index (χ0v) is 13.5. The lowest BCUT2D eigenvalue weighted by atomic mass is 10.1. The van der Waals surface area contributed by atoms with Gasteiger partial charge in [-0.1, -0.05) is 19.1 Å². The molecule has 0 saturated heterocycles. The van der Waals surface area contributed by atoms with E-state index in [1.807, 2.05) is 6.92 Å². The molecule has 7 heteroatoms. The Labute approximate surface area is 143 Å². The maximum atomic E-state index is 13.6. The van der Waals surface area contributed by atoms with Crippen molar-refractivity contribution in [2.24, 2.45) is 5.10 Å². The number of aliphatic carboxylic acids is 1. The minimum atomic E-state index is -1.06. The molecule has 6 nitrogen and oxygen atoms in total. The number of nitrogens with one attached hydrogen (secondary N) is 1. The topological polar surface area (TPSA) is 88.0 Å². The van der Waals surface area contributed by atoms with Crippen LogP contribution in [0.5, 0.6) is 5.75 Å². The molecule has 0 aliphatic heterocycles. The smallest absolute Gasteiger partial charge is 0.341 e. The number of hydrogen-bond donors (Lipinski definition) is 2. The van der Waals surface area contributed by atoms with Crippen LogP contribution in [0.3, 0.4) is 0 Å². The monoisotopic (exact) mass is 344 g/mol. The predicted octanol–water partition coefficient (Wildman–Crippen LogP) is 2.83. The van der Waals surface area contributed by atoms with Gasteiger partial charge in [0, 0.05) is 0 Å². The first kappa shape index (κ1) is 18.1. The number of nitrogens with zero attached hydrogens (tertiary/aromatic N) is 1. The SMILES string of the molecule is CC/C(=N/NC(=O)c1ccccc1F)c1ccc(OCC(=O)O)cc1. The Balaban J connectivity index is 2.08. The Morgan fingerprint density at radius 1 is 1.16 bits per heavy atom. The van der Waals surface area contributed by atoms with Gasteiger partial charge in [0.15, 0.2) is 6.61 Å². The zero-order valence-electron chi connectivity index (χ0n) is 13.5. The second-order valence-electron chi connectivity index (χ2n) is 5.04. The molecule has 2 rings (SSSR count). The van der Waals surface area contributed by atoms with E-state index in [2.05, 4.69) is 10.5 Å². The van der Waals surface area contributed by atoms with E-state index >= 15 is 0 Å². The third kappa shape index (κ3) is 5.13. The molecule has 2 N–H and O–H groups in total. The van der Waals surface area contributed by atoms with Crippen LogP contribution < -0.4 is 10.2 Å². The van der Waals surface area contributed by atoms with Crippen molar-refractivity contribution in [2.45, 2.75) is 13.3 Å². The fourth-order valence-corrected chi connectivity index (χ4v) is 2.06. The normalized spacial score (nSPS) is 11.0. The van der Waals surface area contributed by atoms with Crippen LogP contribution in [-0.4, -0.2) is 29.3 Å². The van der Waals surface area contributed by atoms with Crippen LogP contribution in [0.25, 0.3) is 0 Å². The Kier molecular flexibility index (Phi) is 6.22. The number of rotatable bonds is 7. The van der Waals surface area contributed by atoms with Crippen molar-refractivity contribution in [1.82, 2.24) is 5.43 Å². The summed E-state index contributed by atoms with van der Waals surface area (Å²) in [7, 11) is 0. The van der Waals surface area contributed by atoms with Gasteiger partial charge in [-0.15, -0.1) is 0 Å². The molecule has 0 aliphatic rings. The Morgan fingerprint density at radius 2 is 1.84 bits per heavy atom. The van der Waals surface area contributed by atoms with Crippen molar-refractivity contribution in [2.75, 3.05) is 6.61 Å². The minimum absolute atomic E-state index is 0.0841. The van der Waals surface area contributed by atoms with E-state index < -0.39 is 24.3 Å². The largest absolute Gasteiger partial charge is 0.482 e. The maximum absolute atomic E-state index is 13.6. The van der Waals surface area contributed by atoms with Gasteiger partial charge in [0.1, 0.15) is 11.6 Å². The molecule has 0 unspecified atom stereocenters. The van der Waals surface area contributed by atoms with Crippen molar-refractivity contribution in [3.05, 3.63) is 65.5 Å². The number of ether oxygens (including phenoxy) is 1. The summed E-state index contributed by atoms with van der Waals surface area (Å²) in [6, 6.07) is 12.3. The molecule has 25 heavy (non-hydrogen) atoms. The fraction of sp³-hybridized carbons (Fsp3) is 0.167. The number of hydrazone groups is 1. The molecular weight excluding hydrogens is 327 g/mol. The van der Waals surface area contributed by atoms with Gasteiger partial charge in [-0.3, -0.25) is 4.79 Å². The van der Waals surface area contributed by atoms with Gasteiger partial charge in [-0.25, -0.2) is 14.6 Å². The van der Waals surface area contributed by atoms with Gasteiger partial charge < -0.3 is 9.84 Å². The molecule has 0 spiro atoms. The van der Waals surface area contributed by atoms with E-state index in [-0.39, 0.29) is 5.56 Å². The molecule has 0 atom stereocenters. The van der Waals surface area contributed by atoms with Gasteiger partial charge in [-0.2, -0.15) is 5.10 Å². The van der Waals surface area contributed by atoms with Crippen molar-refractivity contribution in [3.63, 3.8) is 0 Å². The van der Waals surface area contributed by atoms with E-state index in [9.17, 15) is 14.0 Å². The number of halogens is 1. The highest BCUT2D eigenvalue weighted by Gasteiger charge is 2.10. The number of carbonyl (C=O) groups is 2. The average Bonchev–Trinajstić information content (AvgIpc) is 2.61. The summed E-state index contributed by atoms with van der Waals surface area (Å²) in [4.78, 5) is 22.5. The number of hydrogen-bond acceptors (Lipinski definition) is 4. The van der Waals surface area contributed by atoms with Crippen LogP contribution in [0.2, 0.25) is 0 Å². The molecule has 0 radical (unpaired) electrons. The summed E-state index contributed by atoms with van der Waals surface area (Å²) in [5, 5.41) is 12.6. The number of carbonyl (C=O) groups excluding carboxylic acids is 1. The molecule has 0 aliphatic carbocycles. The van der Waals surface area contributed by atoms with E-state index in [0.29, 0.717) is 17.9 Å². The third-order valence-corrected chi connectivity index (χ3v) is 3.30. The van der Waals surface area contributed by atoms with Crippen LogP contribution in [0.15, 0.2) is 53.6 Å². The molecule has 130 valence electrons. The highest BCUT2D eigenvalue weighted by molar-refractivity contribution is 6.02. The highest BCUT2D eigenvalue weighted by Crippen LogP contribution is 2.14. The number of benzene rings is 2. The second-order valence-corrected chi connectivity index (χ2v) is 5.04. The number of amides is 1. The summed E-state index contributed by atoms with van der Waals surface area (Å²) in [5.41, 5.74) is 3.59. The van der Waals surface area contributed by atoms with E-state index in [1.165, 1.54) is 18.2 Å².